The Balaban J connectivity index is 1.76. The molecule has 4 rings (SSSR count). The number of unbranched alkanes of at least 4 members (excludes halogenated alkanes) is 2. The highest BCUT2D eigenvalue weighted by Crippen LogP contribution is 2.40. The molecule has 33 heavy (non-hydrogen) atoms. The number of nitrogens with zero attached hydrogens (tertiary/aromatic N) is 1. The number of ketones is 1. The largest absolute Gasteiger partial charge is 0.503 e. The minimum Gasteiger partial charge on any atom is -0.503 e. The van der Waals surface area contributed by atoms with Gasteiger partial charge in [0, 0.05) is 16.4 Å². The maximum absolute atomic E-state index is 13.6. The summed E-state index contributed by atoms with van der Waals surface area (Å²) in [6, 6.07) is 14.4. The van der Waals surface area contributed by atoms with Gasteiger partial charge in [0.1, 0.15) is 5.58 Å². The summed E-state index contributed by atoms with van der Waals surface area (Å²) in [5.74, 6) is -0.993. The van der Waals surface area contributed by atoms with Crippen molar-refractivity contribution in [1.82, 2.24) is 4.90 Å². The quantitative estimate of drug-likeness (QED) is 0.260. The van der Waals surface area contributed by atoms with E-state index in [1.54, 1.807) is 17.0 Å². The van der Waals surface area contributed by atoms with Crippen molar-refractivity contribution in [2.24, 2.45) is 0 Å². The fourth-order valence-electron chi connectivity index (χ4n) is 4.32. The van der Waals surface area contributed by atoms with Crippen LogP contribution in [-0.2, 0) is 4.79 Å². The highest BCUT2D eigenvalue weighted by molar-refractivity contribution is 9.10. The first-order chi connectivity index (χ1) is 15.8. The van der Waals surface area contributed by atoms with E-state index < -0.39 is 23.5 Å². The van der Waals surface area contributed by atoms with Crippen molar-refractivity contribution < 1.29 is 19.1 Å². The van der Waals surface area contributed by atoms with Crippen molar-refractivity contribution in [2.75, 3.05) is 6.54 Å². The fourth-order valence-corrected chi connectivity index (χ4v) is 4.70. The van der Waals surface area contributed by atoms with Crippen LogP contribution in [-0.4, -0.2) is 28.2 Å². The zero-order valence-electron chi connectivity index (χ0n) is 19.1. The molecule has 1 amide bonds. The number of Topliss-reactive ketones (excluding diaryl/α,β-unsaturated/α-hetero) is 1. The Labute approximate surface area is 202 Å². The maximum Gasteiger partial charge on any atom is 0.290 e. The van der Waals surface area contributed by atoms with Gasteiger partial charge in [-0.05, 0) is 47.7 Å². The third kappa shape index (κ3) is 4.49. The van der Waals surface area contributed by atoms with Crippen LogP contribution >= 0.6 is 15.9 Å². The molecule has 0 bridgehead atoms. The van der Waals surface area contributed by atoms with Crippen LogP contribution in [0.4, 0.5) is 0 Å². The summed E-state index contributed by atoms with van der Waals surface area (Å²) >= 11 is 3.43. The number of benzene rings is 2. The van der Waals surface area contributed by atoms with E-state index in [-0.39, 0.29) is 11.3 Å². The lowest BCUT2D eigenvalue weighted by Gasteiger charge is -2.27. The van der Waals surface area contributed by atoms with Gasteiger partial charge in [-0.2, -0.15) is 0 Å². The molecular weight excluding hydrogens is 482 g/mol. The van der Waals surface area contributed by atoms with E-state index in [0.29, 0.717) is 18.0 Å². The predicted molar refractivity (Wildman–Crippen MR) is 132 cm³/mol. The summed E-state index contributed by atoms with van der Waals surface area (Å²) < 4.78 is 6.68. The molecule has 0 saturated carbocycles. The molecule has 2 heterocycles. The lowest BCUT2D eigenvalue weighted by atomic mass is 9.92. The molecule has 1 unspecified atom stereocenters. The average Bonchev–Trinajstić information content (AvgIpc) is 3.33. The smallest absolute Gasteiger partial charge is 0.290 e. The van der Waals surface area contributed by atoms with Crippen molar-refractivity contribution in [3.63, 3.8) is 0 Å². The zero-order chi connectivity index (χ0) is 23.7. The van der Waals surface area contributed by atoms with Gasteiger partial charge in [0.05, 0.1) is 11.6 Å². The predicted octanol–water partition coefficient (Wildman–Crippen LogP) is 7.09. The van der Waals surface area contributed by atoms with E-state index in [9.17, 15) is 14.7 Å². The van der Waals surface area contributed by atoms with E-state index in [0.717, 1.165) is 34.7 Å². The number of aliphatic hydroxyl groups is 1. The van der Waals surface area contributed by atoms with E-state index in [2.05, 4.69) is 36.7 Å². The standard InChI is InChI=1S/C27H28BrNO4/c1-4-5-6-13-29-24(18-9-7-17(8-10-18)16(2)3)23(26(31)27(29)32)25(30)22-15-19-14-20(28)11-12-21(19)33-22/h7-12,14-16,24,31H,4-6,13H2,1-3H3. The number of halogens is 1. The fraction of sp³-hybridized carbons (Fsp3) is 0.333. The zero-order valence-corrected chi connectivity index (χ0v) is 20.7. The average molecular weight is 510 g/mol. The third-order valence-corrected chi connectivity index (χ3v) is 6.67. The van der Waals surface area contributed by atoms with Gasteiger partial charge >= 0.3 is 0 Å². The Bertz CT molecular complexity index is 1220. The summed E-state index contributed by atoms with van der Waals surface area (Å²) in [5, 5.41) is 11.6. The summed E-state index contributed by atoms with van der Waals surface area (Å²) in [5.41, 5.74) is 2.62. The highest BCUT2D eigenvalue weighted by Gasteiger charge is 2.44. The maximum atomic E-state index is 13.6. The first kappa shape index (κ1) is 23.3. The van der Waals surface area contributed by atoms with Crippen molar-refractivity contribution in [3.05, 3.63) is 81.2 Å². The molecule has 0 spiro atoms. The number of furan rings is 1. The number of carbonyl (C=O) groups excluding carboxylic acids is 2. The van der Waals surface area contributed by atoms with Crippen LogP contribution in [0.25, 0.3) is 11.0 Å². The van der Waals surface area contributed by atoms with Crippen molar-refractivity contribution in [2.45, 2.75) is 52.0 Å². The summed E-state index contributed by atoms with van der Waals surface area (Å²) in [6.45, 7) is 6.80. The lowest BCUT2D eigenvalue weighted by molar-refractivity contribution is -0.129. The number of hydrogen-bond acceptors (Lipinski definition) is 4. The molecule has 0 aliphatic carbocycles. The molecule has 0 saturated heterocycles. The van der Waals surface area contributed by atoms with Crippen LogP contribution < -0.4 is 0 Å². The Kier molecular flexibility index (Phi) is 6.75. The van der Waals surface area contributed by atoms with Gasteiger partial charge in [0.25, 0.3) is 5.91 Å². The normalized spacial score (nSPS) is 16.5. The first-order valence-electron chi connectivity index (χ1n) is 11.4. The van der Waals surface area contributed by atoms with Crippen LogP contribution in [0.1, 0.15) is 73.7 Å². The minimum atomic E-state index is -0.650. The highest BCUT2D eigenvalue weighted by atomic mass is 79.9. The van der Waals surface area contributed by atoms with Crippen LogP contribution in [0, 0.1) is 0 Å². The molecule has 5 nitrogen and oxygen atoms in total. The number of hydrogen-bond donors (Lipinski definition) is 1. The number of rotatable bonds is 8. The van der Waals surface area contributed by atoms with Crippen LogP contribution in [0.3, 0.4) is 0 Å². The third-order valence-electron chi connectivity index (χ3n) is 6.17. The first-order valence-corrected chi connectivity index (χ1v) is 12.2. The molecule has 0 radical (unpaired) electrons. The Morgan fingerprint density at radius 2 is 1.85 bits per heavy atom. The summed E-state index contributed by atoms with van der Waals surface area (Å²) in [7, 11) is 0. The van der Waals surface area contributed by atoms with Crippen molar-refractivity contribution in [3.8, 4) is 0 Å². The second-order valence-corrected chi connectivity index (χ2v) is 9.73. The Morgan fingerprint density at radius 3 is 2.52 bits per heavy atom. The number of fused-ring (bicyclic) bond motifs is 1. The van der Waals surface area contributed by atoms with Crippen LogP contribution in [0.2, 0.25) is 0 Å². The van der Waals surface area contributed by atoms with E-state index in [1.165, 1.54) is 5.56 Å². The van der Waals surface area contributed by atoms with Crippen LogP contribution in [0.5, 0.6) is 0 Å². The molecule has 1 atom stereocenters. The van der Waals surface area contributed by atoms with E-state index in [1.807, 2.05) is 36.4 Å². The van der Waals surface area contributed by atoms with Gasteiger partial charge < -0.3 is 14.4 Å². The molecular formula is C27H28BrNO4. The topological polar surface area (TPSA) is 70.8 Å². The molecule has 3 aromatic rings. The number of aliphatic hydroxyl groups excluding tert-OH is 1. The van der Waals surface area contributed by atoms with Gasteiger partial charge in [0.15, 0.2) is 11.5 Å². The Hall–Kier alpha value is -2.86. The van der Waals surface area contributed by atoms with Gasteiger partial charge in [-0.3, -0.25) is 9.59 Å². The monoisotopic (exact) mass is 509 g/mol. The lowest BCUT2D eigenvalue weighted by Crippen LogP contribution is -2.32. The molecule has 0 fully saturated rings. The molecule has 2 aromatic carbocycles. The van der Waals surface area contributed by atoms with Crippen LogP contribution in [0.15, 0.2) is 68.8 Å². The number of amides is 1. The van der Waals surface area contributed by atoms with Gasteiger partial charge in [-0.25, -0.2) is 0 Å². The van der Waals surface area contributed by atoms with Gasteiger partial charge in [0.2, 0.25) is 5.78 Å². The van der Waals surface area contributed by atoms with Gasteiger partial charge in [-0.15, -0.1) is 0 Å². The second-order valence-electron chi connectivity index (χ2n) is 8.81. The summed E-state index contributed by atoms with van der Waals surface area (Å²) in [4.78, 5) is 28.3. The molecule has 172 valence electrons. The molecule has 1 aliphatic rings. The number of carbonyl (C=O) groups is 2. The minimum absolute atomic E-state index is 0.0758. The molecule has 1 aromatic heterocycles. The second kappa shape index (κ2) is 9.56. The molecule has 1 N–H and O–H groups in total. The van der Waals surface area contributed by atoms with Crippen molar-refractivity contribution >= 4 is 38.6 Å². The van der Waals surface area contributed by atoms with E-state index in [4.69, 9.17) is 4.42 Å². The Morgan fingerprint density at radius 1 is 1.12 bits per heavy atom. The summed E-state index contributed by atoms with van der Waals surface area (Å²) in [6.07, 6.45) is 2.77. The molecule has 1 aliphatic heterocycles. The SMILES string of the molecule is CCCCCN1C(=O)C(O)=C(C(=O)c2cc3cc(Br)ccc3o2)C1c1ccc(C(C)C)cc1. The van der Waals surface area contributed by atoms with E-state index >= 15 is 0 Å². The van der Waals surface area contributed by atoms with Gasteiger partial charge in [-0.1, -0.05) is 73.8 Å². The molecule has 6 heteroatoms. The van der Waals surface area contributed by atoms with Crippen molar-refractivity contribution in [1.29, 1.82) is 0 Å².